The van der Waals surface area contributed by atoms with Crippen LogP contribution in [0.4, 0.5) is 0 Å². The Kier molecular flexibility index (Phi) is 4.78. The highest BCUT2D eigenvalue weighted by Crippen LogP contribution is 2.30. The van der Waals surface area contributed by atoms with Gasteiger partial charge in [-0.2, -0.15) is 0 Å². The zero-order chi connectivity index (χ0) is 12.9. The molecule has 96 valence electrons. The molecule has 1 aliphatic rings. The molecular weight excluding hydrogens is 220 g/mol. The van der Waals surface area contributed by atoms with Gasteiger partial charge in [0.05, 0.1) is 0 Å². The maximum atomic E-state index is 11.1. The molecule has 0 saturated heterocycles. The first-order valence-electron chi connectivity index (χ1n) is 6.06. The van der Waals surface area contributed by atoms with Crippen molar-refractivity contribution < 1.29 is 9.90 Å². The van der Waals surface area contributed by atoms with Crippen LogP contribution in [0.1, 0.15) is 45.4 Å². The molecule has 6 nitrogen and oxygen atoms in total. The smallest absolute Gasteiger partial charge is 0.316 e. The van der Waals surface area contributed by atoms with Crippen LogP contribution in [0.25, 0.3) is 10.4 Å². The molecule has 1 rings (SSSR count). The first-order valence-corrected chi connectivity index (χ1v) is 6.06. The minimum atomic E-state index is -1.54. The van der Waals surface area contributed by atoms with Gasteiger partial charge < -0.3 is 10.8 Å². The Hall–Kier alpha value is -1.26. The molecule has 3 N–H and O–H groups in total. The van der Waals surface area contributed by atoms with Crippen LogP contribution in [-0.4, -0.2) is 22.7 Å². The van der Waals surface area contributed by atoms with E-state index in [0.717, 1.165) is 12.8 Å². The third-order valence-electron chi connectivity index (χ3n) is 3.72. The van der Waals surface area contributed by atoms with Crippen LogP contribution in [0.2, 0.25) is 0 Å². The third-order valence-corrected chi connectivity index (χ3v) is 3.72. The number of carbonyl (C=O) groups is 1. The van der Waals surface area contributed by atoms with Crippen LogP contribution in [-0.2, 0) is 4.79 Å². The normalized spacial score (nSPS) is 22.2. The molecule has 2 atom stereocenters. The predicted octanol–water partition coefficient (Wildman–Crippen LogP) is 2.44. The van der Waals surface area contributed by atoms with Crippen LogP contribution in [0.3, 0.4) is 0 Å². The van der Waals surface area contributed by atoms with Gasteiger partial charge in [0, 0.05) is 11.0 Å². The van der Waals surface area contributed by atoms with Crippen molar-refractivity contribution in [3.63, 3.8) is 0 Å². The molecule has 6 heteroatoms. The van der Waals surface area contributed by atoms with E-state index in [0.29, 0.717) is 12.3 Å². The van der Waals surface area contributed by atoms with E-state index < -0.39 is 17.6 Å². The first-order chi connectivity index (χ1) is 8.00. The van der Waals surface area contributed by atoms with Gasteiger partial charge in [-0.3, -0.25) is 4.79 Å². The van der Waals surface area contributed by atoms with Gasteiger partial charge in [-0.1, -0.05) is 37.2 Å². The zero-order valence-corrected chi connectivity index (χ0v) is 10.2. The van der Waals surface area contributed by atoms with E-state index in [2.05, 4.69) is 10.0 Å². The van der Waals surface area contributed by atoms with E-state index in [-0.39, 0.29) is 0 Å². The number of carboxylic acids is 1. The van der Waals surface area contributed by atoms with Gasteiger partial charge in [-0.15, -0.1) is 0 Å². The van der Waals surface area contributed by atoms with Crippen LogP contribution in [0.15, 0.2) is 5.11 Å². The fourth-order valence-electron chi connectivity index (χ4n) is 2.38. The van der Waals surface area contributed by atoms with E-state index in [1.54, 1.807) is 0 Å². The quantitative estimate of drug-likeness (QED) is 0.437. The molecule has 0 bridgehead atoms. The number of rotatable bonds is 5. The number of hydrogen-bond acceptors (Lipinski definition) is 3. The topological polar surface area (TPSA) is 112 Å². The van der Waals surface area contributed by atoms with Gasteiger partial charge in [-0.25, -0.2) is 0 Å². The summed E-state index contributed by atoms with van der Waals surface area (Å²) in [6, 6.07) is -0.626. The van der Waals surface area contributed by atoms with Crippen molar-refractivity contribution in [1.29, 1.82) is 0 Å². The van der Waals surface area contributed by atoms with Crippen molar-refractivity contribution >= 4 is 5.97 Å². The molecule has 0 aliphatic heterocycles. The fraction of sp³-hybridized carbons (Fsp3) is 0.909. The lowest BCUT2D eigenvalue weighted by Gasteiger charge is -2.31. The molecule has 0 spiro atoms. The van der Waals surface area contributed by atoms with E-state index in [1.807, 2.05) is 0 Å². The Bertz CT molecular complexity index is 317. The molecule has 0 aromatic rings. The maximum Gasteiger partial charge on any atom is 0.316 e. The predicted molar refractivity (Wildman–Crippen MR) is 64.4 cm³/mol. The van der Waals surface area contributed by atoms with Crippen molar-refractivity contribution in [2.45, 2.75) is 57.0 Å². The number of aliphatic carboxylic acids is 1. The van der Waals surface area contributed by atoms with Crippen LogP contribution in [0.5, 0.6) is 0 Å². The first kappa shape index (κ1) is 13.8. The number of carboxylic acid groups (broad SMARTS) is 1. The van der Waals surface area contributed by atoms with Crippen LogP contribution < -0.4 is 5.73 Å². The summed E-state index contributed by atoms with van der Waals surface area (Å²) in [5, 5.41) is 12.5. The standard InChI is InChI=1S/C11H20N4O2/c1-11(10(16)17,14-15-13)9(12)7-8-5-3-2-4-6-8/h8-9H,2-7,12H2,1H3,(H,16,17). The zero-order valence-electron chi connectivity index (χ0n) is 10.2. The Morgan fingerprint density at radius 2 is 2.18 bits per heavy atom. The maximum absolute atomic E-state index is 11.1. The number of azide groups is 1. The Labute approximate surface area is 101 Å². The minimum absolute atomic E-state index is 0.464. The van der Waals surface area contributed by atoms with Gasteiger partial charge >= 0.3 is 5.97 Å². The van der Waals surface area contributed by atoms with Gasteiger partial charge in [0.25, 0.3) is 0 Å². The molecule has 0 radical (unpaired) electrons. The largest absolute Gasteiger partial charge is 0.481 e. The van der Waals surface area contributed by atoms with Crippen molar-refractivity contribution in [1.82, 2.24) is 0 Å². The lowest BCUT2D eigenvalue weighted by molar-refractivity contribution is -0.143. The Morgan fingerprint density at radius 1 is 1.59 bits per heavy atom. The fourth-order valence-corrected chi connectivity index (χ4v) is 2.38. The molecule has 1 fully saturated rings. The van der Waals surface area contributed by atoms with Gasteiger partial charge in [-0.05, 0) is 24.8 Å². The molecule has 1 aliphatic carbocycles. The second-order valence-electron chi connectivity index (χ2n) is 4.99. The lowest BCUT2D eigenvalue weighted by atomic mass is 9.80. The average Bonchev–Trinajstić information content (AvgIpc) is 2.30. The second kappa shape index (κ2) is 5.89. The lowest BCUT2D eigenvalue weighted by Crippen LogP contribution is -2.50. The summed E-state index contributed by atoms with van der Waals surface area (Å²) in [5.41, 5.74) is 12.8. The molecule has 1 saturated carbocycles. The van der Waals surface area contributed by atoms with E-state index >= 15 is 0 Å². The molecule has 0 amide bonds. The monoisotopic (exact) mass is 240 g/mol. The molecule has 17 heavy (non-hydrogen) atoms. The van der Waals surface area contributed by atoms with Crippen LogP contribution >= 0.6 is 0 Å². The van der Waals surface area contributed by atoms with Crippen molar-refractivity contribution in [2.24, 2.45) is 16.8 Å². The van der Waals surface area contributed by atoms with Gasteiger partial charge in [0.2, 0.25) is 0 Å². The number of hydrogen-bond donors (Lipinski definition) is 2. The van der Waals surface area contributed by atoms with Crippen molar-refractivity contribution in [3.8, 4) is 0 Å². The van der Waals surface area contributed by atoms with E-state index in [1.165, 1.54) is 26.2 Å². The molecule has 0 aromatic heterocycles. The van der Waals surface area contributed by atoms with Gasteiger partial charge in [0.15, 0.2) is 5.54 Å². The third kappa shape index (κ3) is 3.35. The Morgan fingerprint density at radius 3 is 2.65 bits per heavy atom. The summed E-state index contributed by atoms with van der Waals surface area (Å²) < 4.78 is 0. The highest BCUT2D eigenvalue weighted by Gasteiger charge is 2.39. The van der Waals surface area contributed by atoms with E-state index in [4.69, 9.17) is 16.4 Å². The summed E-state index contributed by atoms with van der Waals surface area (Å²) in [6.07, 6.45) is 6.42. The number of nitrogens with two attached hydrogens (primary N) is 1. The molecule has 2 unspecified atom stereocenters. The van der Waals surface area contributed by atoms with E-state index in [9.17, 15) is 4.79 Å². The summed E-state index contributed by atoms with van der Waals surface area (Å²) in [4.78, 5) is 13.8. The second-order valence-corrected chi connectivity index (χ2v) is 4.99. The highest BCUT2D eigenvalue weighted by molar-refractivity contribution is 5.79. The molecule has 0 heterocycles. The minimum Gasteiger partial charge on any atom is -0.481 e. The summed E-state index contributed by atoms with van der Waals surface area (Å²) >= 11 is 0. The highest BCUT2D eigenvalue weighted by atomic mass is 16.4. The summed E-state index contributed by atoms with van der Waals surface area (Å²) in [7, 11) is 0. The molecular formula is C11H20N4O2. The van der Waals surface area contributed by atoms with Crippen LogP contribution in [0, 0.1) is 5.92 Å². The van der Waals surface area contributed by atoms with Crippen molar-refractivity contribution in [2.75, 3.05) is 0 Å². The summed E-state index contributed by atoms with van der Waals surface area (Å²) in [5.74, 6) is -0.690. The molecule has 0 aromatic carbocycles. The summed E-state index contributed by atoms with van der Waals surface area (Å²) in [6.45, 7) is 1.39. The van der Waals surface area contributed by atoms with Gasteiger partial charge in [0.1, 0.15) is 0 Å². The van der Waals surface area contributed by atoms with Crippen molar-refractivity contribution in [3.05, 3.63) is 10.4 Å². The Balaban J connectivity index is 2.67. The SMILES string of the molecule is CC(N=[N+]=[N-])(C(=O)O)C(N)CC1CCCCC1. The average molecular weight is 240 g/mol. The number of nitrogens with zero attached hydrogens (tertiary/aromatic N) is 3.